The second-order valence-corrected chi connectivity index (χ2v) is 5.12. The lowest BCUT2D eigenvalue weighted by Gasteiger charge is -2.09. The van der Waals surface area contributed by atoms with Gasteiger partial charge in [-0.3, -0.25) is 9.59 Å². The minimum Gasteiger partial charge on any atom is -0.365 e. The molecule has 2 aromatic rings. The van der Waals surface area contributed by atoms with Crippen LogP contribution in [0.5, 0.6) is 0 Å². The number of nitrogens with zero attached hydrogens (tertiary/aromatic N) is 1. The second kappa shape index (κ2) is 6.85. The molecule has 0 fully saturated rings. The summed E-state index contributed by atoms with van der Waals surface area (Å²) in [6.45, 7) is 3.85. The molecule has 0 aliphatic heterocycles. The van der Waals surface area contributed by atoms with Crippen molar-refractivity contribution in [1.82, 2.24) is 0 Å². The summed E-state index contributed by atoms with van der Waals surface area (Å²) in [5, 5.41) is 2.86. The van der Waals surface area contributed by atoms with Crippen molar-refractivity contribution >= 4 is 17.5 Å². The molecule has 1 atom stereocenters. The zero-order valence-corrected chi connectivity index (χ0v) is 12.7. The first-order chi connectivity index (χ1) is 10.5. The number of hydrogen-bond acceptors (Lipinski definition) is 2. The van der Waals surface area contributed by atoms with Crippen molar-refractivity contribution in [2.75, 3.05) is 5.32 Å². The standard InChI is InChI=1S/C17H19N3O2/c1-3-13-6-8-15(9-7-13)19-17(22)12(2)20-10-4-5-14(11-20)16(18)21/h4-12H,3H2,1-2H3,(H2-,18,19,21,22)/p+1/t12-/m1/s1. The molecule has 0 aliphatic carbocycles. The van der Waals surface area contributed by atoms with Crippen molar-refractivity contribution in [3.63, 3.8) is 0 Å². The van der Waals surface area contributed by atoms with Crippen molar-refractivity contribution in [2.24, 2.45) is 5.73 Å². The quantitative estimate of drug-likeness (QED) is 0.826. The molecule has 0 bridgehead atoms. The topological polar surface area (TPSA) is 76.1 Å². The van der Waals surface area contributed by atoms with Crippen LogP contribution in [-0.4, -0.2) is 11.8 Å². The van der Waals surface area contributed by atoms with Crippen LogP contribution in [0.1, 0.15) is 35.8 Å². The summed E-state index contributed by atoms with van der Waals surface area (Å²) in [5.41, 5.74) is 7.59. The van der Waals surface area contributed by atoms with E-state index in [0.717, 1.165) is 12.1 Å². The number of pyridine rings is 1. The van der Waals surface area contributed by atoms with Crippen molar-refractivity contribution in [1.29, 1.82) is 0 Å². The van der Waals surface area contributed by atoms with Crippen LogP contribution in [0.25, 0.3) is 0 Å². The van der Waals surface area contributed by atoms with E-state index in [1.54, 1.807) is 36.0 Å². The maximum Gasteiger partial charge on any atom is 0.293 e. The van der Waals surface area contributed by atoms with E-state index in [1.165, 1.54) is 5.56 Å². The van der Waals surface area contributed by atoms with Crippen LogP contribution in [0, 0.1) is 0 Å². The second-order valence-electron chi connectivity index (χ2n) is 5.12. The van der Waals surface area contributed by atoms with E-state index < -0.39 is 11.9 Å². The minimum atomic E-state index is -0.517. The number of aromatic nitrogens is 1. The highest BCUT2D eigenvalue weighted by atomic mass is 16.2. The highest BCUT2D eigenvalue weighted by Gasteiger charge is 2.22. The highest BCUT2D eigenvalue weighted by molar-refractivity contribution is 5.93. The molecule has 0 radical (unpaired) electrons. The van der Waals surface area contributed by atoms with E-state index in [9.17, 15) is 9.59 Å². The molecule has 2 amide bonds. The first kappa shape index (κ1) is 15.7. The average Bonchev–Trinajstić information content (AvgIpc) is 2.54. The van der Waals surface area contributed by atoms with Gasteiger partial charge in [-0.1, -0.05) is 19.1 Å². The number of carbonyl (C=O) groups excluding carboxylic acids is 2. The van der Waals surface area contributed by atoms with E-state index in [2.05, 4.69) is 12.2 Å². The zero-order valence-electron chi connectivity index (χ0n) is 12.7. The SMILES string of the molecule is CCc1ccc(NC(=O)[C@@H](C)[n+]2cccc(C(N)=O)c2)cc1. The number of nitrogens with one attached hydrogen (secondary N) is 1. The molecule has 1 aromatic heterocycles. The summed E-state index contributed by atoms with van der Waals surface area (Å²) in [4.78, 5) is 23.5. The Morgan fingerprint density at radius 1 is 1.23 bits per heavy atom. The van der Waals surface area contributed by atoms with Gasteiger partial charge in [0.05, 0.1) is 0 Å². The number of rotatable bonds is 5. The fourth-order valence-corrected chi connectivity index (χ4v) is 2.09. The van der Waals surface area contributed by atoms with Crippen LogP contribution in [0.15, 0.2) is 48.8 Å². The van der Waals surface area contributed by atoms with Gasteiger partial charge in [0.15, 0.2) is 12.4 Å². The third-order valence-electron chi connectivity index (χ3n) is 3.56. The zero-order chi connectivity index (χ0) is 16.1. The predicted octanol–water partition coefficient (Wildman–Crippen LogP) is 1.84. The van der Waals surface area contributed by atoms with Gasteiger partial charge in [0.1, 0.15) is 5.56 Å². The van der Waals surface area contributed by atoms with Gasteiger partial charge in [0.2, 0.25) is 6.04 Å². The van der Waals surface area contributed by atoms with Crippen molar-refractivity contribution in [3.8, 4) is 0 Å². The predicted molar refractivity (Wildman–Crippen MR) is 84.3 cm³/mol. The van der Waals surface area contributed by atoms with Gasteiger partial charge in [-0.25, -0.2) is 0 Å². The van der Waals surface area contributed by atoms with Gasteiger partial charge < -0.3 is 11.1 Å². The van der Waals surface area contributed by atoms with E-state index in [4.69, 9.17) is 5.73 Å². The summed E-state index contributed by atoms with van der Waals surface area (Å²) >= 11 is 0. The average molecular weight is 298 g/mol. The molecule has 114 valence electrons. The molecule has 3 N–H and O–H groups in total. The Labute approximate surface area is 129 Å². The number of anilines is 1. The summed E-state index contributed by atoms with van der Waals surface area (Å²) in [5.74, 6) is -0.673. The summed E-state index contributed by atoms with van der Waals surface area (Å²) < 4.78 is 1.66. The first-order valence-electron chi connectivity index (χ1n) is 7.21. The number of aryl methyl sites for hydroxylation is 1. The Hall–Kier alpha value is -2.69. The molecular weight excluding hydrogens is 278 g/mol. The number of benzene rings is 1. The lowest BCUT2D eigenvalue weighted by Crippen LogP contribution is -2.44. The molecule has 22 heavy (non-hydrogen) atoms. The van der Waals surface area contributed by atoms with Crippen molar-refractivity contribution < 1.29 is 14.2 Å². The summed E-state index contributed by atoms with van der Waals surface area (Å²) in [7, 11) is 0. The summed E-state index contributed by atoms with van der Waals surface area (Å²) in [6, 6.07) is 10.6. The summed E-state index contributed by atoms with van der Waals surface area (Å²) in [6.07, 6.45) is 4.27. The molecule has 0 unspecified atom stereocenters. The fourth-order valence-electron chi connectivity index (χ4n) is 2.09. The Kier molecular flexibility index (Phi) is 4.88. The molecule has 5 nitrogen and oxygen atoms in total. The Morgan fingerprint density at radius 2 is 1.91 bits per heavy atom. The Bertz CT molecular complexity index is 681. The maximum atomic E-state index is 12.3. The number of primary amides is 1. The minimum absolute atomic E-state index is 0.157. The van der Waals surface area contributed by atoms with Gasteiger partial charge in [-0.15, -0.1) is 0 Å². The third kappa shape index (κ3) is 3.69. The molecule has 0 saturated carbocycles. The molecule has 0 spiro atoms. The third-order valence-corrected chi connectivity index (χ3v) is 3.56. The van der Waals surface area contributed by atoms with Gasteiger partial charge in [-0.05, 0) is 30.2 Å². The van der Waals surface area contributed by atoms with Crippen LogP contribution < -0.4 is 15.6 Å². The fraction of sp³-hybridized carbons (Fsp3) is 0.235. The lowest BCUT2D eigenvalue weighted by molar-refractivity contribution is -0.705. The van der Waals surface area contributed by atoms with Crippen molar-refractivity contribution in [2.45, 2.75) is 26.3 Å². The molecule has 1 heterocycles. The van der Waals surface area contributed by atoms with E-state index in [1.807, 2.05) is 24.3 Å². The van der Waals surface area contributed by atoms with Crippen LogP contribution in [0.4, 0.5) is 5.69 Å². The molecule has 0 saturated heterocycles. The Morgan fingerprint density at radius 3 is 2.50 bits per heavy atom. The smallest absolute Gasteiger partial charge is 0.293 e. The van der Waals surface area contributed by atoms with Crippen LogP contribution in [-0.2, 0) is 11.2 Å². The van der Waals surface area contributed by atoms with Gasteiger partial charge in [-0.2, -0.15) is 4.57 Å². The number of carbonyl (C=O) groups is 2. The number of amides is 2. The molecule has 2 rings (SSSR count). The number of nitrogens with two attached hydrogens (primary N) is 1. The highest BCUT2D eigenvalue weighted by Crippen LogP contribution is 2.11. The lowest BCUT2D eigenvalue weighted by atomic mass is 10.1. The van der Waals surface area contributed by atoms with Gasteiger partial charge >= 0.3 is 0 Å². The molecule has 1 aromatic carbocycles. The normalized spacial score (nSPS) is 11.7. The molecule has 0 aliphatic rings. The van der Waals surface area contributed by atoms with E-state index >= 15 is 0 Å². The molecule has 5 heteroatoms. The maximum absolute atomic E-state index is 12.3. The van der Waals surface area contributed by atoms with Gasteiger partial charge in [0.25, 0.3) is 11.8 Å². The van der Waals surface area contributed by atoms with Crippen LogP contribution in [0.2, 0.25) is 0 Å². The van der Waals surface area contributed by atoms with Crippen molar-refractivity contribution in [3.05, 3.63) is 59.9 Å². The van der Waals surface area contributed by atoms with Crippen LogP contribution >= 0.6 is 0 Å². The van der Waals surface area contributed by atoms with Gasteiger partial charge in [0, 0.05) is 18.7 Å². The van der Waals surface area contributed by atoms with E-state index in [0.29, 0.717) is 5.56 Å². The number of hydrogen-bond donors (Lipinski definition) is 2. The van der Waals surface area contributed by atoms with Crippen LogP contribution in [0.3, 0.4) is 0 Å². The monoisotopic (exact) mass is 298 g/mol. The largest absolute Gasteiger partial charge is 0.365 e. The Balaban J connectivity index is 2.11. The van der Waals surface area contributed by atoms with E-state index in [-0.39, 0.29) is 5.91 Å². The first-order valence-corrected chi connectivity index (χ1v) is 7.21. The molecular formula is C17H20N3O2+.